The predicted molar refractivity (Wildman–Crippen MR) is 84.0 cm³/mol. The third-order valence-electron chi connectivity index (χ3n) is 3.96. The van der Waals surface area contributed by atoms with Crippen LogP contribution in [0.15, 0.2) is 24.3 Å². The number of ether oxygens (including phenoxy) is 1. The first-order valence-electron chi connectivity index (χ1n) is 7.73. The van der Waals surface area contributed by atoms with Gasteiger partial charge in [-0.2, -0.15) is 0 Å². The third kappa shape index (κ3) is 4.89. The van der Waals surface area contributed by atoms with Gasteiger partial charge in [0.2, 0.25) is 0 Å². The number of hydrogen-bond donors (Lipinski definition) is 1. The summed E-state index contributed by atoms with van der Waals surface area (Å²) in [4.78, 5) is 2.48. The van der Waals surface area contributed by atoms with Gasteiger partial charge in [-0.25, -0.2) is 0 Å². The molecular weight excluding hydrogens is 248 g/mol. The average molecular weight is 276 g/mol. The van der Waals surface area contributed by atoms with Gasteiger partial charge in [0, 0.05) is 32.8 Å². The van der Waals surface area contributed by atoms with Crippen LogP contribution in [0.25, 0.3) is 0 Å². The maximum absolute atomic E-state index is 5.41. The molecule has 0 amide bonds. The fourth-order valence-electron chi connectivity index (χ4n) is 2.71. The van der Waals surface area contributed by atoms with Crippen molar-refractivity contribution >= 4 is 0 Å². The van der Waals surface area contributed by atoms with Crippen molar-refractivity contribution in [2.24, 2.45) is 0 Å². The molecule has 1 aromatic carbocycles. The summed E-state index contributed by atoms with van der Waals surface area (Å²) in [7, 11) is 1.81. The molecule has 1 unspecified atom stereocenters. The summed E-state index contributed by atoms with van der Waals surface area (Å²) in [6.45, 7) is 8.69. The highest BCUT2D eigenvalue weighted by Crippen LogP contribution is 2.15. The summed E-state index contributed by atoms with van der Waals surface area (Å²) in [6.07, 6.45) is 2.69. The maximum atomic E-state index is 5.41. The van der Waals surface area contributed by atoms with Crippen LogP contribution < -0.4 is 5.32 Å². The molecule has 1 saturated heterocycles. The molecule has 1 heterocycles. The lowest BCUT2D eigenvalue weighted by molar-refractivity contribution is 0.107. The van der Waals surface area contributed by atoms with E-state index in [-0.39, 0.29) is 0 Å². The molecule has 0 bridgehead atoms. The topological polar surface area (TPSA) is 24.5 Å². The molecule has 0 aliphatic carbocycles. The molecule has 1 aliphatic rings. The van der Waals surface area contributed by atoms with Gasteiger partial charge >= 0.3 is 0 Å². The highest BCUT2D eigenvalue weighted by molar-refractivity contribution is 5.22. The quantitative estimate of drug-likeness (QED) is 0.828. The number of rotatable bonds is 7. The first-order valence-corrected chi connectivity index (χ1v) is 7.73. The maximum Gasteiger partial charge on any atom is 0.0710 e. The summed E-state index contributed by atoms with van der Waals surface area (Å²) in [5, 5.41) is 3.46. The molecule has 0 aromatic heterocycles. The van der Waals surface area contributed by atoms with Gasteiger partial charge in [-0.05, 0) is 30.5 Å². The van der Waals surface area contributed by atoms with Gasteiger partial charge in [-0.15, -0.1) is 0 Å². The molecular formula is C17H28N2O. The Morgan fingerprint density at radius 2 is 1.95 bits per heavy atom. The summed E-state index contributed by atoms with van der Waals surface area (Å²) in [5.74, 6) is 0. The molecule has 1 N–H and O–H groups in total. The number of benzene rings is 1. The van der Waals surface area contributed by atoms with Crippen LogP contribution in [0.4, 0.5) is 0 Å². The van der Waals surface area contributed by atoms with Crippen LogP contribution in [0.5, 0.6) is 0 Å². The fourth-order valence-corrected chi connectivity index (χ4v) is 2.71. The van der Waals surface area contributed by atoms with Crippen LogP contribution in [0.3, 0.4) is 0 Å². The van der Waals surface area contributed by atoms with Gasteiger partial charge in [0.1, 0.15) is 0 Å². The van der Waals surface area contributed by atoms with Crippen molar-refractivity contribution in [2.45, 2.75) is 45.4 Å². The van der Waals surface area contributed by atoms with Crippen LogP contribution in [0.1, 0.15) is 31.4 Å². The van der Waals surface area contributed by atoms with Gasteiger partial charge < -0.3 is 10.1 Å². The second-order valence-electron chi connectivity index (χ2n) is 6.06. The van der Waals surface area contributed by atoms with Crippen LogP contribution in [-0.2, 0) is 17.7 Å². The van der Waals surface area contributed by atoms with E-state index in [2.05, 4.69) is 48.3 Å². The number of likely N-dealkylation sites (tertiary alicyclic amines) is 1. The van der Waals surface area contributed by atoms with Gasteiger partial charge in [0.05, 0.1) is 6.10 Å². The van der Waals surface area contributed by atoms with Crippen LogP contribution in [0.2, 0.25) is 0 Å². The monoisotopic (exact) mass is 276 g/mol. The van der Waals surface area contributed by atoms with Crippen molar-refractivity contribution in [3.8, 4) is 0 Å². The summed E-state index contributed by atoms with van der Waals surface area (Å²) in [5.41, 5.74) is 2.82. The number of methoxy groups -OCH3 is 1. The zero-order valence-corrected chi connectivity index (χ0v) is 13.1. The molecule has 3 nitrogen and oxygen atoms in total. The summed E-state index contributed by atoms with van der Waals surface area (Å²) in [6, 6.07) is 9.64. The lowest BCUT2D eigenvalue weighted by atomic mass is 10.1. The van der Waals surface area contributed by atoms with Gasteiger partial charge in [-0.3, -0.25) is 4.90 Å². The van der Waals surface area contributed by atoms with Crippen molar-refractivity contribution in [3.05, 3.63) is 35.4 Å². The first-order chi connectivity index (χ1) is 9.67. The Kier molecular flexibility index (Phi) is 6.02. The van der Waals surface area contributed by atoms with E-state index in [1.807, 2.05) is 7.11 Å². The number of nitrogens with zero attached hydrogens (tertiary/aromatic N) is 1. The van der Waals surface area contributed by atoms with Gasteiger partial charge in [-0.1, -0.05) is 38.1 Å². The molecule has 112 valence electrons. The van der Waals surface area contributed by atoms with E-state index in [1.165, 1.54) is 11.1 Å². The Morgan fingerprint density at radius 3 is 2.55 bits per heavy atom. The van der Waals surface area contributed by atoms with E-state index >= 15 is 0 Å². The Hall–Kier alpha value is -0.900. The molecule has 0 radical (unpaired) electrons. The highest BCUT2D eigenvalue weighted by atomic mass is 16.5. The Balaban J connectivity index is 1.77. The summed E-state index contributed by atoms with van der Waals surface area (Å²) < 4.78 is 5.41. The molecule has 3 heteroatoms. The first kappa shape index (κ1) is 15.5. The standard InChI is InChI=1S/C17H28N2O/c1-14(2)18-10-8-15-4-6-16(7-5-15)12-19-11-9-17(13-19)20-3/h4-7,14,17-18H,8-13H2,1-3H3. The fraction of sp³-hybridized carbons (Fsp3) is 0.647. The van der Waals surface area contributed by atoms with E-state index in [0.717, 1.165) is 39.0 Å². The van der Waals surface area contributed by atoms with E-state index in [4.69, 9.17) is 4.74 Å². The average Bonchev–Trinajstić information content (AvgIpc) is 2.88. The normalized spacial score (nSPS) is 19.9. The number of hydrogen-bond acceptors (Lipinski definition) is 3. The molecule has 1 aromatic rings. The highest BCUT2D eigenvalue weighted by Gasteiger charge is 2.21. The molecule has 20 heavy (non-hydrogen) atoms. The van der Waals surface area contributed by atoms with Crippen LogP contribution >= 0.6 is 0 Å². The lowest BCUT2D eigenvalue weighted by Crippen LogP contribution is -2.25. The van der Waals surface area contributed by atoms with Gasteiger partial charge in [0.25, 0.3) is 0 Å². The third-order valence-corrected chi connectivity index (χ3v) is 3.96. The largest absolute Gasteiger partial charge is 0.380 e. The molecule has 1 fully saturated rings. The van der Waals surface area contributed by atoms with E-state index in [1.54, 1.807) is 0 Å². The van der Waals surface area contributed by atoms with Crippen molar-refractivity contribution in [1.82, 2.24) is 10.2 Å². The van der Waals surface area contributed by atoms with Crippen molar-refractivity contribution in [1.29, 1.82) is 0 Å². The van der Waals surface area contributed by atoms with E-state index in [0.29, 0.717) is 12.1 Å². The minimum absolute atomic E-state index is 0.427. The Labute approximate surface area is 123 Å². The Morgan fingerprint density at radius 1 is 1.25 bits per heavy atom. The second kappa shape index (κ2) is 7.77. The van der Waals surface area contributed by atoms with E-state index < -0.39 is 0 Å². The SMILES string of the molecule is COC1CCN(Cc2ccc(CCNC(C)C)cc2)C1. The molecule has 0 spiro atoms. The summed E-state index contributed by atoms with van der Waals surface area (Å²) >= 11 is 0. The van der Waals surface area contributed by atoms with E-state index in [9.17, 15) is 0 Å². The lowest BCUT2D eigenvalue weighted by Gasteiger charge is -2.16. The van der Waals surface area contributed by atoms with Crippen molar-refractivity contribution < 1.29 is 4.74 Å². The number of nitrogens with one attached hydrogen (secondary N) is 1. The smallest absolute Gasteiger partial charge is 0.0710 e. The Bertz CT molecular complexity index is 388. The minimum Gasteiger partial charge on any atom is -0.380 e. The van der Waals surface area contributed by atoms with Crippen LogP contribution in [-0.4, -0.2) is 43.8 Å². The minimum atomic E-state index is 0.427. The molecule has 1 aliphatic heterocycles. The molecule has 2 rings (SSSR count). The zero-order chi connectivity index (χ0) is 14.4. The predicted octanol–water partition coefficient (Wildman–Crippen LogP) is 2.45. The van der Waals surface area contributed by atoms with Crippen LogP contribution in [0, 0.1) is 0 Å². The van der Waals surface area contributed by atoms with Crippen molar-refractivity contribution in [2.75, 3.05) is 26.7 Å². The molecule has 1 atom stereocenters. The van der Waals surface area contributed by atoms with Gasteiger partial charge in [0.15, 0.2) is 0 Å². The molecule has 0 saturated carbocycles. The zero-order valence-electron chi connectivity index (χ0n) is 13.1. The van der Waals surface area contributed by atoms with Crippen molar-refractivity contribution in [3.63, 3.8) is 0 Å². The second-order valence-corrected chi connectivity index (χ2v) is 6.06.